The van der Waals surface area contributed by atoms with Gasteiger partial charge in [0, 0.05) is 0 Å². The zero-order chi connectivity index (χ0) is 8.27. The van der Waals surface area contributed by atoms with Gasteiger partial charge in [0.25, 0.3) is 0 Å². The maximum absolute atomic E-state index is 9.05. The molecule has 1 atom stereocenters. The van der Waals surface area contributed by atoms with Gasteiger partial charge in [0.1, 0.15) is 6.33 Å². The van der Waals surface area contributed by atoms with E-state index in [0.717, 1.165) is 5.16 Å². The minimum Gasteiger partial charge on any atom is -0.391 e. The van der Waals surface area contributed by atoms with Crippen LogP contribution in [0.4, 0.5) is 0 Å². The largest absolute Gasteiger partial charge is 0.391 e. The molecule has 4 nitrogen and oxygen atoms in total. The van der Waals surface area contributed by atoms with Crippen LogP contribution in [0.15, 0.2) is 11.5 Å². The summed E-state index contributed by atoms with van der Waals surface area (Å²) in [7, 11) is 0. The molecule has 11 heavy (non-hydrogen) atoms. The van der Waals surface area contributed by atoms with Crippen molar-refractivity contribution < 1.29 is 5.11 Å². The summed E-state index contributed by atoms with van der Waals surface area (Å²) in [6, 6.07) is 0. The number of aromatic nitrogens is 3. The van der Waals surface area contributed by atoms with Crippen molar-refractivity contribution in [3.05, 3.63) is 6.33 Å². The van der Waals surface area contributed by atoms with Gasteiger partial charge in [-0.2, -0.15) is 5.10 Å². The monoisotopic (exact) mass is 173 g/mol. The molecule has 1 aromatic heterocycles. The average Bonchev–Trinajstić information content (AvgIpc) is 2.34. The molecule has 0 amide bonds. The highest BCUT2D eigenvalue weighted by Gasteiger charge is 2.04. The summed E-state index contributed by atoms with van der Waals surface area (Å²) < 4.78 is 1.69. The maximum atomic E-state index is 9.05. The van der Waals surface area contributed by atoms with Crippen molar-refractivity contribution in [2.45, 2.75) is 24.7 Å². The molecular weight excluding hydrogens is 162 g/mol. The Labute approximate surface area is 69.6 Å². The molecule has 1 N–H and O–H groups in total. The predicted molar refractivity (Wildman–Crippen MR) is 43.5 cm³/mol. The topological polar surface area (TPSA) is 50.9 Å². The lowest BCUT2D eigenvalue weighted by Gasteiger charge is -2.04. The molecule has 1 rings (SSSR count). The fraction of sp³-hybridized carbons (Fsp3) is 0.667. The van der Waals surface area contributed by atoms with E-state index in [1.165, 1.54) is 18.1 Å². The fourth-order valence-electron chi connectivity index (χ4n) is 0.787. The highest BCUT2D eigenvalue weighted by molar-refractivity contribution is 7.98. The second-order valence-corrected chi connectivity index (χ2v) is 3.05. The molecule has 0 aromatic carbocycles. The van der Waals surface area contributed by atoms with Crippen LogP contribution in [0.5, 0.6) is 0 Å². The third-order valence-corrected chi connectivity index (χ3v) is 1.88. The van der Waals surface area contributed by atoms with Gasteiger partial charge < -0.3 is 5.11 Å². The molecule has 0 aliphatic rings. The fourth-order valence-corrected chi connectivity index (χ4v) is 1.27. The summed E-state index contributed by atoms with van der Waals surface area (Å²) in [5.41, 5.74) is 0. The number of thioether (sulfide) groups is 1. The highest BCUT2D eigenvalue weighted by atomic mass is 32.2. The maximum Gasteiger partial charge on any atom is 0.185 e. The summed E-state index contributed by atoms with van der Waals surface area (Å²) in [6.45, 7) is 2.24. The lowest BCUT2D eigenvalue weighted by molar-refractivity contribution is 0.164. The smallest absolute Gasteiger partial charge is 0.185 e. The molecule has 0 aliphatic carbocycles. The first kappa shape index (κ1) is 8.55. The van der Waals surface area contributed by atoms with Crippen LogP contribution >= 0.6 is 11.8 Å². The van der Waals surface area contributed by atoms with Gasteiger partial charge in [0.2, 0.25) is 0 Å². The number of aliphatic hydroxyl groups excluding tert-OH is 1. The summed E-state index contributed by atoms with van der Waals surface area (Å²) in [4.78, 5) is 3.99. The summed E-state index contributed by atoms with van der Waals surface area (Å²) in [6.07, 6.45) is 3.05. The third-order valence-electron chi connectivity index (χ3n) is 1.20. The molecule has 0 saturated heterocycles. The molecule has 0 bridgehead atoms. The first-order valence-corrected chi connectivity index (χ1v) is 4.56. The van der Waals surface area contributed by atoms with Crippen molar-refractivity contribution in [1.29, 1.82) is 0 Å². The molecule has 62 valence electrons. The van der Waals surface area contributed by atoms with E-state index in [1.807, 2.05) is 6.26 Å². The molecule has 0 fully saturated rings. The van der Waals surface area contributed by atoms with Crippen LogP contribution in [-0.2, 0) is 6.54 Å². The van der Waals surface area contributed by atoms with Crippen LogP contribution in [0.1, 0.15) is 6.92 Å². The zero-order valence-corrected chi connectivity index (χ0v) is 7.38. The highest BCUT2D eigenvalue weighted by Crippen LogP contribution is 2.09. The Bertz CT molecular complexity index is 223. The molecule has 1 aromatic rings. The van der Waals surface area contributed by atoms with Crippen molar-refractivity contribution in [1.82, 2.24) is 14.8 Å². The van der Waals surface area contributed by atoms with Gasteiger partial charge in [-0.25, -0.2) is 9.67 Å². The number of hydrogen-bond donors (Lipinski definition) is 1. The van der Waals surface area contributed by atoms with Crippen molar-refractivity contribution in [2.75, 3.05) is 6.26 Å². The van der Waals surface area contributed by atoms with E-state index in [0.29, 0.717) is 6.54 Å². The van der Waals surface area contributed by atoms with Crippen molar-refractivity contribution in [3.8, 4) is 0 Å². The van der Waals surface area contributed by atoms with Crippen molar-refractivity contribution >= 4 is 11.8 Å². The first-order chi connectivity index (χ1) is 5.24. The van der Waals surface area contributed by atoms with Gasteiger partial charge >= 0.3 is 0 Å². The Morgan fingerprint density at radius 3 is 3.09 bits per heavy atom. The van der Waals surface area contributed by atoms with E-state index >= 15 is 0 Å². The summed E-state index contributed by atoms with van der Waals surface area (Å²) in [5, 5.41) is 13.8. The lowest BCUT2D eigenvalue weighted by atomic mass is 10.4. The summed E-state index contributed by atoms with van der Waals surface area (Å²) in [5.74, 6) is 0. The van der Waals surface area contributed by atoms with Crippen LogP contribution < -0.4 is 0 Å². The molecule has 5 heteroatoms. The standard InChI is InChI=1S/C6H11N3OS/c1-5(10)3-9-6(11-2)7-4-8-9/h4-5,10H,3H2,1-2H3. The molecule has 1 unspecified atom stereocenters. The number of aliphatic hydroxyl groups is 1. The Morgan fingerprint density at radius 2 is 2.55 bits per heavy atom. The number of nitrogens with zero attached hydrogens (tertiary/aromatic N) is 3. The second-order valence-electron chi connectivity index (χ2n) is 2.28. The van der Waals surface area contributed by atoms with Crippen molar-refractivity contribution in [2.24, 2.45) is 0 Å². The Hall–Kier alpha value is -0.550. The van der Waals surface area contributed by atoms with Crippen LogP contribution in [0.2, 0.25) is 0 Å². The molecule has 0 saturated carbocycles. The molecule has 0 aliphatic heterocycles. The van der Waals surface area contributed by atoms with Gasteiger partial charge in [-0.3, -0.25) is 0 Å². The van der Waals surface area contributed by atoms with Crippen LogP contribution in [0.25, 0.3) is 0 Å². The molecule has 0 radical (unpaired) electrons. The quantitative estimate of drug-likeness (QED) is 0.671. The van der Waals surface area contributed by atoms with E-state index in [4.69, 9.17) is 5.11 Å². The SMILES string of the molecule is CSc1ncnn1CC(C)O. The van der Waals surface area contributed by atoms with Gasteiger partial charge in [-0.05, 0) is 13.2 Å². The molecule has 0 spiro atoms. The minimum absolute atomic E-state index is 0.373. The van der Waals surface area contributed by atoms with E-state index < -0.39 is 0 Å². The number of hydrogen-bond acceptors (Lipinski definition) is 4. The first-order valence-electron chi connectivity index (χ1n) is 3.34. The van der Waals surface area contributed by atoms with Crippen molar-refractivity contribution in [3.63, 3.8) is 0 Å². The van der Waals surface area contributed by atoms with Crippen LogP contribution in [0, 0.1) is 0 Å². The van der Waals surface area contributed by atoms with E-state index in [9.17, 15) is 0 Å². The van der Waals surface area contributed by atoms with E-state index in [-0.39, 0.29) is 6.10 Å². The average molecular weight is 173 g/mol. The van der Waals surface area contributed by atoms with Gasteiger partial charge in [0.15, 0.2) is 5.16 Å². The lowest BCUT2D eigenvalue weighted by Crippen LogP contribution is -2.13. The van der Waals surface area contributed by atoms with Gasteiger partial charge in [-0.1, -0.05) is 11.8 Å². The predicted octanol–water partition coefficient (Wildman–Crippen LogP) is 0.381. The van der Waals surface area contributed by atoms with E-state index in [1.54, 1.807) is 11.6 Å². The van der Waals surface area contributed by atoms with Gasteiger partial charge in [0.05, 0.1) is 12.6 Å². The number of rotatable bonds is 3. The van der Waals surface area contributed by atoms with Gasteiger partial charge in [-0.15, -0.1) is 0 Å². The Kier molecular flexibility index (Phi) is 2.90. The molecular formula is C6H11N3OS. The normalized spacial score (nSPS) is 13.4. The second kappa shape index (κ2) is 3.73. The van der Waals surface area contributed by atoms with Crippen LogP contribution in [0.3, 0.4) is 0 Å². The summed E-state index contributed by atoms with van der Waals surface area (Å²) >= 11 is 1.52. The van der Waals surface area contributed by atoms with E-state index in [2.05, 4.69) is 10.1 Å². The Balaban J connectivity index is 2.68. The third kappa shape index (κ3) is 2.20. The minimum atomic E-state index is -0.373. The Morgan fingerprint density at radius 1 is 1.82 bits per heavy atom. The molecule has 1 heterocycles. The van der Waals surface area contributed by atoms with Crippen LogP contribution in [-0.4, -0.2) is 32.2 Å². The zero-order valence-electron chi connectivity index (χ0n) is 6.56.